The summed E-state index contributed by atoms with van der Waals surface area (Å²) in [7, 11) is 1.54. The number of likely N-dealkylation sites (N-methyl/N-ethyl adjacent to an activating group) is 1. The first kappa shape index (κ1) is 17.0. The smallest absolute Gasteiger partial charge is 0.240 e. The molecule has 4 N–H and O–H groups in total. The van der Waals surface area contributed by atoms with Crippen molar-refractivity contribution in [3.63, 3.8) is 0 Å². The maximum atomic E-state index is 12.3. The summed E-state index contributed by atoms with van der Waals surface area (Å²) < 4.78 is 0. The average Bonchev–Trinajstić information content (AvgIpc) is 2.48. The second-order valence-electron chi connectivity index (χ2n) is 4.91. The van der Waals surface area contributed by atoms with Gasteiger partial charge in [-0.15, -0.1) is 0 Å². The molecule has 0 radical (unpaired) electrons. The number of nitrogens with zero attached hydrogens (tertiary/aromatic N) is 1. The van der Waals surface area contributed by atoms with Crippen molar-refractivity contribution in [1.29, 1.82) is 0 Å². The van der Waals surface area contributed by atoms with Gasteiger partial charge in [0.25, 0.3) is 0 Å². The molecule has 0 aliphatic rings. The van der Waals surface area contributed by atoms with Gasteiger partial charge in [0.05, 0.1) is 12.6 Å². The van der Waals surface area contributed by atoms with Crippen LogP contribution >= 0.6 is 0 Å². The van der Waals surface area contributed by atoms with Crippen molar-refractivity contribution in [2.45, 2.75) is 25.8 Å². The number of aromatic hydroxyl groups is 1. The molecule has 0 heterocycles. The summed E-state index contributed by atoms with van der Waals surface area (Å²) in [5.74, 6) is -0.284. The van der Waals surface area contributed by atoms with Crippen LogP contribution in [0.25, 0.3) is 0 Å². The molecule has 1 aromatic rings. The van der Waals surface area contributed by atoms with Gasteiger partial charge in [0.2, 0.25) is 11.8 Å². The Bertz CT molecular complexity index is 474. The van der Waals surface area contributed by atoms with Crippen molar-refractivity contribution in [1.82, 2.24) is 10.2 Å². The van der Waals surface area contributed by atoms with E-state index in [4.69, 9.17) is 5.73 Å². The topological polar surface area (TPSA) is 95.7 Å². The van der Waals surface area contributed by atoms with Gasteiger partial charge >= 0.3 is 0 Å². The first-order valence-corrected chi connectivity index (χ1v) is 7.00. The zero-order valence-electron chi connectivity index (χ0n) is 12.5. The lowest BCUT2D eigenvalue weighted by Crippen LogP contribution is -2.48. The summed E-state index contributed by atoms with van der Waals surface area (Å²) in [5, 5.41) is 11.7. The van der Waals surface area contributed by atoms with Crippen LogP contribution in [0.2, 0.25) is 0 Å². The van der Waals surface area contributed by atoms with Crippen LogP contribution in [-0.2, 0) is 16.0 Å². The van der Waals surface area contributed by atoms with Crippen molar-refractivity contribution in [2.75, 3.05) is 20.1 Å². The van der Waals surface area contributed by atoms with Crippen LogP contribution < -0.4 is 11.1 Å². The predicted octanol–water partition coefficient (Wildman–Crippen LogP) is 0.247. The van der Waals surface area contributed by atoms with E-state index in [1.54, 1.807) is 24.3 Å². The van der Waals surface area contributed by atoms with Gasteiger partial charge in [0, 0.05) is 13.6 Å². The molecule has 2 amide bonds. The second kappa shape index (κ2) is 8.26. The minimum atomic E-state index is -0.703. The largest absolute Gasteiger partial charge is 0.508 e. The first-order chi connectivity index (χ1) is 9.97. The Balaban J connectivity index is 2.68. The van der Waals surface area contributed by atoms with Gasteiger partial charge in [-0.05, 0) is 30.5 Å². The third-order valence-electron chi connectivity index (χ3n) is 3.13. The summed E-state index contributed by atoms with van der Waals surface area (Å²) in [6.45, 7) is 2.46. The number of hydrogen-bond acceptors (Lipinski definition) is 4. The number of amides is 2. The minimum Gasteiger partial charge on any atom is -0.508 e. The zero-order valence-corrected chi connectivity index (χ0v) is 12.5. The molecule has 0 fully saturated rings. The molecule has 0 saturated carbocycles. The third-order valence-corrected chi connectivity index (χ3v) is 3.13. The number of carbonyl (C=O) groups excluding carboxylic acids is 2. The van der Waals surface area contributed by atoms with Crippen molar-refractivity contribution in [3.8, 4) is 5.75 Å². The van der Waals surface area contributed by atoms with E-state index in [0.717, 1.165) is 12.0 Å². The highest BCUT2D eigenvalue weighted by molar-refractivity contribution is 5.87. The van der Waals surface area contributed by atoms with Crippen LogP contribution in [0.3, 0.4) is 0 Å². The highest BCUT2D eigenvalue weighted by Gasteiger charge is 2.22. The molecule has 0 saturated heterocycles. The Morgan fingerprint density at radius 3 is 2.48 bits per heavy atom. The van der Waals surface area contributed by atoms with Gasteiger partial charge < -0.3 is 21.1 Å². The molecule has 0 unspecified atom stereocenters. The van der Waals surface area contributed by atoms with Crippen molar-refractivity contribution in [2.24, 2.45) is 5.73 Å². The molecule has 1 rings (SSSR count). The molecular weight excluding hydrogens is 270 g/mol. The Hall–Kier alpha value is -2.08. The molecule has 0 aliphatic heterocycles. The van der Waals surface area contributed by atoms with E-state index >= 15 is 0 Å². The quantitative estimate of drug-likeness (QED) is 0.671. The summed E-state index contributed by atoms with van der Waals surface area (Å²) >= 11 is 0. The number of phenols is 1. The maximum absolute atomic E-state index is 12.3. The fourth-order valence-electron chi connectivity index (χ4n) is 2.00. The van der Waals surface area contributed by atoms with Crippen LogP contribution in [0, 0.1) is 0 Å². The lowest BCUT2D eigenvalue weighted by atomic mass is 10.1. The molecule has 116 valence electrons. The van der Waals surface area contributed by atoms with Crippen molar-refractivity contribution >= 4 is 11.8 Å². The highest BCUT2D eigenvalue weighted by atomic mass is 16.3. The van der Waals surface area contributed by atoms with E-state index in [9.17, 15) is 14.7 Å². The first-order valence-electron chi connectivity index (χ1n) is 7.00. The molecule has 0 spiro atoms. The van der Waals surface area contributed by atoms with E-state index in [-0.39, 0.29) is 24.1 Å². The van der Waals surface area contributed by atoms with Crippen molar-refractivity contribution in [3.05, 3.63) is 29.8 Å². The summed E-state index contributed by atoms with van der Waals surface area (Å²) in [6.07, 6.45) is 1.13. The average molecular weight is 293 g/mol. The van der Waals surface area contributed by atoms with E-state index < -0.39 is 6.04 Å². The van der Waals surface area contributed by atoms with Crippen molar-refractivity contribution < 1.29 is 14.7 Å². The molecule has 0 aromatic heterocycles. The molecule has 6 heteroatoms. The van der Waals surface area contributed by atoms with Crippen LogP contribution in [0.4, 0.5) is 0 Å². The van der Waals surface area contributed by atoms with Crippen LogP contribution in [0.15, 0.2) is 24.3 Å². The number of rotatable bonds is 7. The van der Waals surface area contributed by atoms with Gasteiger partial charge in [-0.25, -0.2) is 0 Å². The fourth-order valence-corrected chi connectivity index (χ4v) is 2.00. The van der Waals surface area contributed by atoms with Gasteiger partial charge in [-0.3, -0.25) is 9.59 Å². The standard InChI is InChI=1S/C15H23N3O3/c1-3-8-18(10-14(20)17-2)15(21)13(16)9-11-4-6-12(19)7-5-11/h4-7,13,19H,3,8-10,16H2,1-2H3,(H,17,20)/t13-/m0/s1. The second-order valence-corrected chi connectivity index (χ2v) is 4.91. The maximum Gasteiger partial charge on any atom is 0.240 e. The predicted molar refractivity (Wildman–Crippen MR) is 80.7 cm³/mol. The number of carbonyl (C=O) groups is 2. The van der Waals surface area contributed by atoms with Crippen LogP contribution in [0.1, 0.15) is 18.9 Å². The minimum absolute atomic E-state index is 0.0203. The summed E-state index contributed by atoms with van der Waals surface area (Å²) in [6, 6.07) is 5.86. The fraction of sp³-hybridized carbons (Fsp3) is 0.467. The molecule has 0 aliphatic carbocycles. The molecule has 21 heavy (non-hydrogen) atoms. The van der Waals surface area contributed by atoms with Crippen LogP contribution in [0.5, 0.6) is 5.75 Å². The molecular formula is C15H23N3O3. The molecule has 6 nitrogen and oxygen atoms in total. The Morgan fingerprint density at radius 2 is 1.95 bits per heavy atom. The van der Waals surface area contributed by atoms with E-state index in [1.807, 2.05) is 6.92 Å². The summed E-state index contributed by atoms with van der Waals surface area (Å²) in [5.41, 5.74) is 6.82. The number of nitrogens with one attached hydrogen (secondary N) is 1. The molecule has 0 bridgehead atoms. The number of nitrogens with two attached hydrogens (primary N) is 1. The van der Waals surface area contributed by atoms with E-state index in [1.165, 1.54) is 11.9 Å². The van der Waals surface area contributed by atoms with Gasteiger partial charge in [0.1, 0.15) is 5.75 Å². The van der Waals surface area contributed by atoms with Gasteiger partial charge in [0.15, 0.2) is 0 Å². The lowest BCUT2D eigenvalue weighted by molar-refractivity contribution is -0.137. The van der Waals surface area contributed by atoms with Gasteiger partial charge in [-0.2, -0.15) is 0 Å². The Morgan fingerprint density at radius 1 is 1.33 bits per heavy atom. The zero-order chi connectivity index (χ0) is 15.8. The third kappa shape index (κ3) is 5.43. The molecule has 1 atom stereocenters. The van der Waals surface area contributed by atoms with Crippen LogP contribution in [-0.4, -0.2) is 48.0 Å². The Labute approximate surface area is 124 Å². The van der Waals surface area contributed by atoms with E-state index in [2.05, 4.69) is 5.32 Å². The number of hydrogen-bond donors (Lipinski definition) is 3. The monoisotopic (exact) mass is 293 g/mol. The van der Waals surface area contributed by atoms with Gasteiger partial charge in [-0.1, -0.05) is 19.1 Å². The Kier molecular flexibility index (Phi) is 6.68. The van der Waals surface area contributed by atoms with E-state index in [0.29, 0.717) is 13.0 Å². The normalized spacial score (nSPS) is 11.8. The SMILES string of the molecule is CCCN(CC(=O)NC)C(=O)[C@@H](N)Cc1ccc(O)cc1. The number of benzene rings is 1. The number of phenolic OH excluding ortho intramolecular Hbond substituents is 1. The summed E-state index contributed by atoms with van der Waals surface area (Å²) in [4.78, 5) is 25.2. The lowest BCUT2D eigenvalue weighted by Gasteiger charge is -2.24. The molecule has 1 aromatic carbocycles. The highest BCUT2D eigenvalue weighted by Crippen LogP contribution is 2.11.